The van der Waals surface area contributed by atoms with Crippen molar-refractivity contribution in [1.82, 2.24) is 9.97 Å². The summed E-state index contributed by atoms with van der Waals surface area (Å²) in [5.41, 5.74) is 2.75. The molecule has 0 atom stereocenters. The molecule has 1 aromatic carbocycles. The minimum Gasteiger partial charge on any atom is -0.494 e. The molecule has 0 bridgehead atoms. The zero-order valence-electron chi connectivity index (χ0n) is 11.6. The highest BCUT2D eigenvalue weighted by Crippen LogP contribution is 2.26. The fraction of sp³-hybridized carbons (Fsp3) is 0.125. The number of pyridine rings is 1. The number of hydrogen-bond acceptors (Lipinski definition) is 5. The number of aromatic nitrogens is 2. The van der Waals surface area contributed by atoms with E-state index in [1.807, 2.05) is 54.8 Å². The van der Waals surface area contributed by atoms with Gasteiger partial charge >= 0.3 is 0 Å². The molecule has 0 radical (unpaired) electrons. The maximum atomic E-state index is 5.42. The lowest BCUT2D eigenvalue weighted by Gasteiger charge is -2.05. The van der Waals surface area contributed by atoms with Crippen LogP contribution in [0.15, 0.2) is 54.0 Å². The molecule has 0 fully saturated rings. The summed E-state index contributed by atoms with van der Waals surface area (Å²) >= 11 is 1.56. The average Bonchev–Trinajstić information content (AvgIpc) is 2.99. The van der Waals surface area contributed by atoms with Crippen molar-refractivity contribution in [1.29, 1.82) is 0 Å². The SMILES string of the molecule is CCOc1ccc(Nc2nc(-c3ccccn3)cs2)cc1. The Kier molecular flexibility index (Phi) is 4.12. The van der Waals surface area contributed by atoms with Gasteiger partial charge < -0.3 is 10.1 Å². The Balaban J connectivity index is 1.72. The number of hydrogen-bond donors (Lipinski definition) is 1. The lowest BCUT2D eigenvalue weighted by atomic mass is 10.3. The normalized spacial score (nSPS) is 10.3. The molecule has 21 heavy (non-hydrogen) atoms. The van der Waals surface area contributed by atoms with Crippen molar-refractivity contribution in [3.05, 3.63) is 54.0 Å². The number of anilines is 2. The molecule has 0 spiro atoms. The van der Waals surface area contributed by atoms with Gasteiger partial charge in [-0.25, -0.2) is 4.98 Å². The predicted octanol–water partition coefficient (Wildman–Crippen LogP) is 4.35. The van der Waals surface area contributed by atoms with Crippen molar-refractivity contribution < 1.29 is 4.74 Å². The van der Waals surface area contributed by atoms with Crippen LogP contribution in [-0.4, -0.2) is 16.6 Å². The van der Waals surface area contributed by atoms with Crippen LogP contribution in [0.1, 0.15) is 6.92 Å². The highest BCUT2D eigenvalue weighted by Gasteiger charge is 2.05. The van der Waals surface area contributed by atoms with E-state index in [1.54, 1.807) is 17.5 Å². The summed E-state index contributed by atoms with van der Waals surface area (Å²) in [6.07, 6.45) is 1.77. The van der Waals surface area contributed by atoms with E-state index >= 15 is 0 Å². The molecule has 3 aromatic rings. The quantitative estimate of drug-likeness (QED) is 0.760. The predicted molar refractivity (Wildman–Crippen MR) is 86.2 cm³/mol. The lowest BCUT2D eigenvalue weighted by molar-refractivity contribution is 0.340. The van der Waals surface area contributed by atoms with E-state index in [0.29, 0.717) is 6.61 Å². The second kappa shape index (κ2) is 6.37. The van der Waals surface area contributed by atoms with Crippen LogP contribution in [-0.2, 0) is 0 Å². The third-order valence-electron chi connectivity index (χ3n) is 2.85. The fourth-order valence-corrected chi connectivity index (χ4v) is 2.61. The van der Waals surface area contributed by atoms with Crippen LogP contribution in [0.25, 0.3) is 11.4 Å². The first-order chi connectivity index (χ1) is 10.3. The monoisotopic (exact) mass is 297 g/mol. The number of rotatable bonds is 5. The summed E-state index contributed by atoms with van der Waals surface area (Å²) in [5.74, 6) is 0.872. The van der Waals surface area contributed by atoms with Gasteiger partial charge in [-0.2, -0.15) is 0 Å². The molecule has 0 unspecified atom stereocenters. The van der Waals surface area contributed by atoms with Crippen molar-refractivity contribution >= 4 is 22.2 Å². The first kappa shape index (κ1) is 13.6. The van der Waals surface area contributed by atoms with Crippen LogP contribution in [0.5, 0.6) is 5.75 Å². The molecule has 0 amide bonds. The Morgan fingerprint density at radius 3 is 2.67 bits per heavy atom. The second-order valence-electron chi connectivity index (χ2n) is 4.34. The zero-order valence-corrected chi connectivity index (χ0v) is 12.4. The molecule has 4 nitrogen and oxygen atoms in total. The second-order valence-corrected chi connectivity index (χ2v) is 5.19. The Morgan fingerprint density at radius 1 is 1.10 bits per heavy atom. The van der Waals surface area contributed by atoms with Gasteiger partial charge in [0.2, 0.25) is 0 Å². The van der Waals surface area contributed by atoms with E-state index in [0.717, 1.165) is 28.0 Å². The van der Waals surface area contributed by atoms with Crippen molar-refractivity contribution in [2.75, 3.05) is 11.9 Å². The van der Waals surface area contributed by atoms with Gasteiger partial charge in [-0.05, 0) is 43.3 Å². The molecule has 2 heterocycles. The molecule has 0 saturated heterocycles. The maximum absolute atomic E-state index is 5.42. The molecule has 1 N–H and O–H groups in total. The van der Waals surface area contributed by atoms with E-state index in [2.05, 4.69) is 15.3 Å². The number of thiazole rings is 1. The Morgan fingerprint density at radius 2 is 1.95 bits per heavy atom. The van der Waals surface area contributed by atoms with Gasteiger partial charge in [-0.1, -0.05) is 6.07 Å². The van der Waals surface area contributed by atoms with Gasteiger partial charge in [0.1, 0.15) is 11.4 Å². The summed E-state index contributed by atoms with van der Waals surface area (Å²) in [6, 6.07) is 13.7. The topological polar surface area (TPSA) is 47.0 Å². The van der Waals surface area contributed by atoms with E-state index in [4.69, 9.17) is 4.74 Å². The summed E-state index contributed by atoms with van der Waals surface area (Å²) in [7, 11) is 0. The molecule has 2 aromatic heterocycles. The van der Waals surface area contributed by atoms with Crippen LogP contribution in [0, 0.1) is 0 Å². The number of ether oxygens (including phenoxy) is 1. The van der Waals surface area contributed by atoms with Gasteiger partial charge in [-0.3, -0.25) is 4.98 Å². The minimum absolute atomic E-state index is 0.673. The maximum Gasteiger partial charge on any atom is 0.187 e. The Hall–Kier alpha value is -2.40. The standard InChI is InChI=1S/C16H15N3OS/c1-2-20-13-8-6-12(7-9-13)18-16-19-15(11-21-16)14-5-3-4-10-17-14/h3-11H,2H2,1H3,(H,18,19). The molecule has 3 rings (SSSR count). The highest BCUT2D eigenvalue weighted by atomic mass is 32.1. The Labute approximate surface area is 127 Å². The molecule has 0 aliphatic rings. The third-order valence-corrected chi connectivity index (χ3v) is 3.61. The van der Waals surface area contributed by atoms with Crippen LogP contribution in [0.4, 0.5) is 10.8 Å². The first-order valence-electron chi connectivity index (χ1n) is 6.72. The van der Waals surface area contributed by atoms with Gasteiger partial charge in [0.05, 0.1) is 12.3 Å². The van der Waals surface area contributed by atoms with Crippen LogP contribution < -0.4 is 10.1 Å². The number of nitrogens with one attached hydrogen (secondary N) is 1. The molecule has 106 valence electrons. The summed E-state index contributed by atoms with van der Waals surface area (Å²) in [6.45, 7) is 2.65. The highest BCUT2D eigenvalue weighted by molar-refractivity contribution is 7.14. The van der Waals surface area contributed by atoms with Gasteiger partial charge in [0.15, 0.2) is 5.13 Å². The molecule has 0 aliphatic heterocycles. The summed E-state index contributed by atoms with van der Waals surface area (Å²) in [5, 5.41) is 6.13. The Bertz CT molecular complexity index is 695. The number of benzene rings is 1. The molecule has 0 aliphatic carbocycles. The van der Waals surface area contributed by atoms with Crippen molar-refractivity contribution in [2.45, 2.75) is 6.92 Å². The van der Waals surface area contributed by atoms with Crippen molar-refractivity contribution in [3.8, 4) is 17.1 Å². The summed E-state index contributed by atoms with van der Waals surface area (Å²) < 4.78 is 5.42. The van der Waals surface area contributed by atoms with E-state index in [9.17, 15) is 0 Å². The number of nitrogens with zero attached hydrogens (tertiary/aromatic N) is 2. The van der Waals surface area contributed by atoms with E-state index in [1.165, 1.54) is 0 Å². The smallest absolute Gasteiger partial charge is 0.187 e. The van der Waals surface area contributed by atoms with E-state index < -0.39 is 0 Å². The lowest BCUT2D eigenvalue weighted by Crippen LogP contribution is -1.93. The van der Waals surface area contributed by atoms with E-state index in [-0.39, 0.29) is 0 Å². The summed E-state index contributed by atoms with van der Waals surface area (Å²) in [4.78, 5) is 8.85. The van der Waals surface area contributed by atoms with Gasteiger partial charge in [-0.15, -0.1) is 11.3 Å². The van der Waals surface area contributed by atoms with Crippen LogP contribution >= 0.6 is 11.3 Å². The molecular weight excluding hydrogens is 282 g/mol. The van der Waals surface area contributed by atoms with Crippen molar-refractivity contribution in [2.24, 2.45) is 0 Å². The van der Waals surface area contributed by atoms with Gasteiger partial charge in [0.25, 0.3) is 0 Å². The van der Waals surface area contributed by atoms with Gasteiger partial charge in [0, 0.05) is 17.3 Å². The average molecular weight is 297 g/mol. The van der Waals surface area contributed by atoms with Crippen molar-refractivity contribution in [3.63, 3.8) is 0 Å². The zero-order chi connectivity index (χ0) is 14.5. The van der Waals surface area contributed by atoms with Crippen LogP contribution in [0.3, 0.4) is 0 Å². The third kappa shape index (κ3) is 3.38. The van der Waals surface area contributed by atoms with Crippen LogP contribution in [0.2, 0.25) is 0 Å². The largest absolute Gasteiger partial charge is 0.494 e. The fourth-order valence-electron chi connectivity index (χ4n) is 1.89. The first-order valence-corrected chi connectivity index (χ1v) is 7.60. The molecule has 5 heteroatoms. The molecular formula is C16H15N3OS. The minimum atomic E-state index is 0.673. The molecule has 0 saturated carbocycles.